The first-order valence-corrected chi connectivity index (χ1v) is 8.58. The molecular weight excluding hydrogens is 280 g/mol. The van der Waals surface area contributed by atoms with Crippen molar-refractivity contribution in [1.29, 1.82) is 0 Å². The van der Waals surface area contributed by atoms with E-state index in [1.807, 2.05) is 6.92 Å². The zero-order valence-electron chi connectivity index (χ0n) is 13.3. The third-order valence-electron chi connectivity index (χ3n) is 4.45. The Kier molecular flexibility index (Phi) is 4.13. The van der Waals surface area contributed by atoms with E-state index in [0.717, 1.165) is 16.5 Å². The summed E-state index contributed by atoms with van der Waals surface area (Å²) in [4.78, 5) is 12.7. The third-order valence-corrected chi connectivity index (χ3v) is 5.44. The number of anilines is 1. The highest BCUT2D eigenvalue weighted by Gasteiger charge is 2.24. The Labute approximate surface area is 130 Å². The van der Waals surface area contributed by atoms with Crippen LogP contribution in [0.15, 0.2) is 5.38 Å². The summed E-state index contributed by atoms with van der Waals surface area (Å²) in [5.74, 6) is 1.88. The molecule has 1 saturated carbocycles. The molecule has 5 heteroatoms. The molecule has 3 rings (SSSR count). The van der Waals surface area contributed by atoms with E-state index in [9.17, 15) is 0 Å². The molecule has 2 aromatic rings. The quantitative estimate of drug-likeness (QED) is 0.941. The van der Waals surface area contributed by atoms with Gasteiger partial charge in [-0.3, -0.25) is 0 Å². The zero-order chi connectivity index (χ0) is 15.0. The lowest BCUT2D eigenvalue weighted by Gasteiger charge is -2.34. The molecule has 21 heavy (non-hydrogen) atoms. The summed E-state index contributed by atoms with van der Waals surface area (Å²) in [6.07, 6.45) is 5.02. The lowest BCUT2D eigenvalue weighted by molar-refractivity contribution is 0.219. The van der Waals surface area contributed by atoms with Crippen molar-refractivity contribution in [3.63, 3.8) is 0 Å². The van der Waals surface area contributed by atoms with Crippen LogP contribution in [0.5, 0.6) is 0 Å². The van der Waals surface area contributed by atoms with Gasteiger partial charge in [-0.2, -0.15) is 0 Å². The van der Waals surface area contributed by atoms with Gasteiger partial charge in [0.25, 0.3) is 0 Å². The number of rotatable bonds is 3. The molecule has 0 radical (unpaired) electrons. The molecule has 0 aliphatic heterocycles. The average molecular weight is 304 g/mol. The van der Waals surface area contributed by atoms with Gasteiger partial charge in [-0.15, -0.1) is 11.3 Å². The number of thiophene rings is 1. The van der Waals surface area contributed by atoms with Crippen molar-refractivity contribution in [2.45, 2.75) is 51.6 Å². The molecule has 1 aliphatic rings. The van der Waals surface area contributed by atoms with Crippen LogP contribution in [-0.2, 0) is 0 Å². The molecule has 4 nitrogen and oxygen atoms in total. The number of hydrogen-bond acceptors (Lipinski definition) is 5. The molecule has 2 unspecified atom stereocenters. The van der Waals surface area contributed by atoms with E-state index in [4.69, 9.17) is 0 Å². The maximum atomic E-state index is 4.67. The molecule has 1 aliphatic carbocycles. The SMILES string of the molecule is Cc1nc(NC2CCCC(N(C)C)C2)c2c(C)csc2n1. The maximum absolute atomic E-state index is 4.67. The summed E-state index contributed by atoms with van der Waals surface area (Å²) in [5, 5.41) is 7.09. The third kappa shape index (κ3) is 3.04. The molecular formula is C16H24N4S. The molecule has 0 amide bonds. The summed E-state index contributed by atoms with van der Waals surface area (Å²) >= 11 is 1.71. The zero-order valence-corrected chi connectivity index (χ0v) is 14.1. The molecule has 2 atom stereocenters. The van der Waals surface area contributed by atoms with Crippen LogP contribution < -0.4 is 5.32 Å². The van der Waals surface area contributed by atoms with Crippen molar-refractivity contribution in [3.8, 4) is 0 Å². The molecule has 0 spiro atoms. The fourth-order valence-electron chi connectivity index (χ4n) is 3.25. The first-order chi connectivity index (χ1) is 10.0. The molecule has 0 saturated heterocycles. The number of nitrogens with one attached hydrogen (secondary N) is 1. The predicted octanol–water partition coefficient (Wildman–Crippen LogP) is 3.59. The Hall–Kier alpha value is -1.20. The fraction of sp³-hybridized carbons (Fsp3) is 0.625. The Balaban J connectivity index is 1.86. The lowest BCUT2D eigenvalue weighted by Crippen LogP contribution is -2.38. The summed E-state index contributed by atoms with van der Waals surface area (Å²) in [6.45, 7) is 4.12. The van der Waals surface area contributed by atoms with Crippen molar-refractivity contribution in [3.05, 3.63) is 16.8 Å². The highest BCUT2D eigenvalue weighted by atomic mass is 32.1. The Morgan fingerprint density at radius 2 is 2.05 bits per heavy atom. The van der Waals surface area contributed by atoms with Crippen LogP contribution in [0.1, 0.15) is 37.1 Å². The van der Waals surface area contributed by atoms with Crippen LogP contribution in [0.4, 0.5) is 5.82 Å². The minimum Gasteiger partial charge on any atom is -0.367 e. The van der Waals surface area contributed by atoms with Gasteiger partial charge in [0.2, 0.25) is 0 Å². The predicted molar refractivity (Wildman–Crippen MR) is 90.2 cm³/mol. The van der Waals surface area contributed by atoms with Crippen molar-refractivity contribution in [2.75, 3.05) is 19.4 Å². The molecule has 1 N–H and O–H groups in total. The standard InChI is InChI=1S/C16H24N4S/c1-10-9-21-16-14(10)15(17-11(2)18-16)19-12-6-5-7-13(8-12)20(3)4/h9,12-13H,5-8H2,1-4H3,(H,17,18,19). The van der Waals surface area contributed by atoms with E-state index in [2.05, 4.69) is 46.6 Å². The van der Waals surface area contributed by atoms with E-state index in [-0.39, 0.29) is 0 Å². The molecule has 2 aromatic heterocycles. The smallest absolute Gasteiger partial charge is 0.138 e. The lowest BCUT2D eigenvalue weighted by atomic mass is 9.90. The monoisotopic (exact) mass is 304 g/mol. The van der Waals surface area contributed by atoms with Gasteiger partial charge in [0.15, 0.2) is 0 Å². The van der Waals surface area contributed by atoms with E-state index in [1.54, 1.807) is 11.3 Å². The van der Waals surface area contributed by atoms with Crippen molar-refractivity contribution >= 4 is 27.4 Å². The number of nitrogens with zero attached hydrogens (tertiary/aromatic N) is 3. The van der Waals surface area contributed by atoms with Crippen molar-refractivity contribution in [1.82, 2.24) is 14.9 Å². The van der Waals surface area contributed by atoms with Gasteiger partial charge in [-0.05, 0) is 64.6 Å². The molecule has 2 heterocycles. The van der Waals surface area contributed by atoms with Gasteiger partial charge in [0.1, 0.15) is 16.5 Å². The Morgan fingerprint density at radius 1 is 1.24 bits per heavy atom. The van der Waals surface area contributed by atoms with Gasteiger partial charge < -0.3 is 10.2 Å². The summed E-state index contributed by atoms with van der Waals surface area (Å²) in [7, 11) is 4.37. The van der Waals surface area contributed by atoms with Crippen LogP contribution in [0.25, 0.3) is 10.2 Å². The van der Waals surface area contributed by atoms with Gasteiger partial charge in [-0.1, -0.05) is 0 Å². The highest BCUT2D eigenvalue weighted by molar-refractivity contribution is 7.17. The van der Waals surface area contributed by atoms with Crippen LogP contribution >= 0.6 is 11.3 Å². The minimum atomic E-state index is 0.517. The second-order valence-corrected chi connectivity index (χ2v) is 7.20. The van der Waals surface area contributed by atoms with Crippen LogP contribution in [0.3, 0.4) is 0 Å². The normalized spacial score (nSPS) is 22.9. The van der Waals surface area contributed by atoms with Crippen LogP contribution in [0, 0.1) is 13.8 Å². The molecule has 114 valence electrons. The average Bonchev–Trinajstić information content (AvgIpc) is 2.80. The maximum Gasteiger partial charge on any atom is 0.138 e. The minimum absolute atomic E-state index is 0.517. The topological polar surface area (TPSA) is 41.1 Å². The fourth-order valence-corrected chi connectivity index (χ4v) is 4.22. The van der Waals surface area contributed by atoms with Gasteiger partial charge >= 0.3 is 0 Å². The van der Waals surface area contributed by atoms with Gasteiger partial charge in [0.05, 0.1) is 5.39 Å². The van der Waals surface area contributed by atoms with E-state index < -0.39 is 0 Å². The van der Waals surface area contributed by atoms with Crippen molar-refractivity contribution in [2.24, 2.45) is 0 Å². The largest absolute Gasteiger partial charge is 0.367 e. The van der Waals surface area contributed by atoms with Gasteiger partial charge in [0, 0.05) is 12.1 Å². The Morgan fingerprint density at radius 3 is 2.81 bits per heavy atom. The second kappa shape index (κ2) is 5.89. The first kappa shape index (κ1) is 14.7. The Bertz CT molecular complexity index is 634. The van der Waals surface area contributed by atoms with E-state index in [1.165, 1.54) is 36.6 Å². The number of hydrogen-bond donors (Lipinski definition) is 1. The number of fused-ring (bicyclic) bond motifs is 1. The molecule has 0 bridgehead atoms. The summed E-state index contributed by atoms with van der Waals surface area (Å²) < 4.78 is 0. The first-order valence-electron chi connectivity index (χ1n) is 7.70. The molecule has 1 fully saturated rings. The van der Waals surface area contributed by atoms with E-state index in [0.29, 0.717) is 12.1 Å². The van der Waals surface area contributed by atoms with Crippen LogP contribution in [0.2, 0.25) is 0 Å². The highest BCUT2D eigenvalue weighted by Crippen LogP contribution is 2.31. The number of aromatic nitrogens is 2. The molecule has 0 aromatic carbocycles. The summed E-state index contributed by atoms with van der Waals surface area (Å²) in [6, 6.07) is 1.20. The van der Waals surface area contributed by atoms with Crippen LogP contribution in [-0.4, -0.2) is 41.0 Å². The van der Waals surface area contributed by atoms with Crippen molar-refractivity contribution < 1.29 is 0 Å². The second-order valence-electron chi connectivity index (χ2n) is 6.34. The number of aryl methyl sites for hydroxylation is 2. The van der Waals surface area contributed by atoms with E-state index >= 15 is 0 Å². The summed E-state index contributed by atoms with van der Waals surface area (Å²) in [5.41, 5.74) is 1.28. The van der Waals surface area contributed by atoms with Gasteiger partial charge in [-0.25, -0.2) is 9.97 Å².